The molecule has 0 fully saturated rings. The van der Waals surface area contributed by atoms with Gasteiger partial charge in [-0.1, -0.05) is 19.0 Å². The Morgan fingerprint density at radius 1 is 1.28 bits per heavy atom. The molecule has 1 aromatic heterocycles. The predicted octanol–water partition coefficient (Wildman–Crippen LogP) is 2.23. The molecule has 1 aromatic carbocycles. The van der Waals surface area contributed by atoms with Crippen LogP contribution in [0.25, 0.3) is 0 Å². The Kier molecular flexibility index (Phi) is 5.78. The summed E-state index contributed by atoms with van der Waals surface area (Å²) in [6.45, 7) is 5.66. The first-order chi connectivity index (χ1) is 11.7. The van der Waals surface area contributed by atoms with Crippen LogP contribution in [0, 0.1) is 0 Å². The molecule has 136 valence electrons. The van der Waals surface area contributed by atoms with E-state index in [0.717, 1.165) is 0 Å². The van der Waals surface area contributed by atoms with Crippen LogP contribution in [-0.2, 0) is 16.6 Å². The molecule has 0 bridgehead atoms. The number of benzene rings is 1. The van der Waals surface area contributed by atoms with Gasteiger partial charge in [-0.25, -0.2) is 8.42 Å². The maximum atomic E-state index is 12.4. The van der Waals surface area contributed by atoms with Crippen molar-refractivity contribution < 1.29 is 17.7 Å². The topological polar surface area (TPSA) is 105 Å². The predicted molar refractivity (Wildman–Crippen MR) is 93.7 cm³/mol. The molecule has 0 spiro atoms. The van der Waals surface area contributed by atoms with E-state index in [9.17, 15) is 13.2 Å². The summed E-state index contributed by atoms with van der Waals surface area (Å²) in [5.74, 6) is 0.859. The maximum absolute atomic E-state index is 12.4. The van der Waals surface area contributed by atoms with Gasteiger partial charge < -0.3 is 9.42 Å². The lowest BCUT2D eigenvalue weighted by molar-refractivity contribution is 0.0780. The fourth-order valence-electron chi connectivity index (χ4n) is 2.00. The Hall–Kier alpha value is -2.42. The third kappa shape index (κ3) is 5.02. The van der Waals surface area contributed by atoms with Gasteiger partial charge in [-0.2, -0.15) is 4.98 Å². The van der Waals surface area contributed by atoms with Gasteiger partial charge in [0.05, 0.1) is 12.3 Å². The molecule has 0 aliphatic rings. The van der Waals surface area contributed by atoms with Crippen LogP contribution in [0.1, 0.15) is 48.8 Å². The molecule has 0 saturated carbocycles. The third-order valence-electron chi connectivity index (χ3n) is 3.49. The van der Waals surface area contributed by atoms with Crippen molar-refractivity contribution in [2.45, 2.75) is 33.2 Å². The normalized spacial score (nSPS) is 11.6. The molecule has 0 saturated heterocycles. The number of sulfonamides is 1. The van der Waals surface area contributed by atoms with Crippen molar-refractivity contribution >= 4 is 21.6 Å². The zero-order chi connectivity index (χ0) is 18.6. The number of carbonyl (C=O) groups is 1. The molecular weight excluding hydrogens is 344 g/mol. The number of anilines is 1. The van der Waals surface area contributed by atoms with Crippen LogP contribution in [0.3, 0.4) is 0 Å². The molecule has 0 aliphatic carbocycles. The number of carbonyl (C=O) groups excluding carboxylic acids is 1. The first kappa shape index (κ1) is 18.9. The summed E-state index contributed by atoms with van der Waals surface area (Å²) >= 11 is 0. The molecule has 2 rings (SSSR count). The fraction of sp³-hybridized carbons (Fsp3) is 0.438. The van der Waals surface area contributed by atoms with E-state index < -0.39 is 10.0 Å². The van der Waals surface area contributed by atoms with Crippen molar-refractivity contribution in [3.05, 3.63) is 41.5 Å². The summed E-state index contributed by atoms with van der Waals surface area (Å²) in [6.07, 6.45) is 0. The Morgan fingerprint density at radius 3 is 2.44 bits per heavy atom. The van der Waals surface area contributed by atoms with Gasteiger partial charge in [0.15, 0.2) is 5.82 Å². The Bertz CT molecular complexity index is 828. The first-order valence-electron chi connectivity index (χ1n) is 7.90. The van der Waals surface area contributed by atoms with E-state index in [-0.39, 0.29) is 24.1 Å². The fourth-order valence-corrected chi connectivity index (χ4v) is 2.64. The lowest BCUT2D eigenvalue weighted by Gasteiger charge is -2.15. The van der Waals surface area contributed by atoms with E-state index in [0.29, 0.717) is 23.0 Å². The standard InChI is InChI=1S/C16H22N4O4S/c1-5-25(22,23)19-13-8-6-12(7-9-13)16(21)20(4)10-14-17-15(11(2)3)24-18-14/h6-9,11,19H,5,10H2,1-4H3. The van der Waals surface area contributed by atoms with Gasteiger partial charge in [0.2, 0.25) is 15.9 Å². The molecule has 1 amide bonds. The number of aromatic nitrogens is 2. The van der Waals surface area contributed by atoms with E-state index in [2.05, 4.69) is 14.9 Å². The monoisotopic (exact) mass is 366 g/mol. The molecule has 25 heavy (non-hydrogen) atoms. The zero-order valence-corrected chi connectivity index (χ0v) is 15.5. The highest BCUT2D eigenvalue weighted by molar-refractivity contribution is 7.92. The van der Waals surface area contributed by atoms with E-state index in [1.54, 1.807) is 38.2 Å². The molecule has 1 heterocycles. The van der Waals surface area contributed by atoms with Gasteiger partial charge in [-0.05, 0) is 31.2 Å². The molecule has 0 aliphatic heterocycles. The summed E-state index contributed by atoms with van der Waals surface area (Å²) in [6, 6.07) is 6.25. The number of hydrogen-bond donors (Lipinski definition) is 1. The minimum atomic E-state index is -3.34. The average molecular weight is 366 g/mol. The highest BCUT2D eigenvalue weighted by Crippen LogP contribution is 2.15. The largest absolute Gasteiger partial charge is 0.339 e. The average Bonchev–Trinajstić information content (AvgIpc) is 3.03. The first-order valence-corrected chi connectivity index (χ1v) is 9.55. The van der Waals surface area contributed by atoms with E-state index >= 15 is 0 Å². The Morgan fingerprint density at radius 2 is 1.92 bits per heavy atom. The number of hydrogen-bond acceptors (Lipinski definition) is 6. The van der Waals surface area contributed by atoms with Crippen molar-refractivity contribution in [1.82, 2.24) is 15.0 Å². The summed E-state index contributed by atoms with van der Waals surface area (Å²) in [5, 5.41) is 3.86. The van der Waals surface area contributed by atoms with Gasteiger partial charge >= 0.3 is 0 Å². The summed E-state index contributed by atoms with van der Waals surface area (Å²) < 4.78 is 30.6. The van der Waals surface area contributed by atoms with E-state index in [1.165, 1.54) is 4.90 Å². The molecule has 2 aromatic rings. The molecule has 9 heteroatoms. The lowest BCUT2D eigenvalue weighted by Crippen LogP contribution is -2.26. The van der Waals surface area contributed by atoms with Crippen molar-refractivity contribution in [1.29, 1.82) is 0 Å². The molecule has 0 radical (unpaired) electrons. The number of nitrogens with one attached hydrogen (secondary N) is 1. The number of amides is 1. The second-order valence-electron chi connectivity index (χ2n) is 5.95. The SMILES string of the molecule is CCS(=O)(=O)Nc1ccc(C(=O)N(C)Cc2noc(C(C)C)n2)cc1. The van der Waals surface area contributed by atoms with Crippen molar-refractivity contribution in [3.63, 3.8) is 0 Å². The highest BCUT2D eigenvalue weighted by Gasteiger charge is 2.16. The highest BCUT2D eigenvalue weighted by atomic mass is 32.2. The van der Waals surface area contributed by atoms with Gasteiger partial charge in [-0.3, -0.25) is 9.52 Å². The van der Waals surface area contributed by atoms with Gasteiger partial charge in [0, 0.05) is 24.2 Å². The number of nitrogens with zero attached hydrogens (tertiary/aromatic N) is 3. The molecule has 1 N–H and O–H groups in total. The van der Waals surface area contributed by atoms with Crippen LogP contribution < -0.4 is 4.72 Å². The molecule has 8 nitrogen and oxygen atoms in total. The van der Waals surface area contributed by atoms with Gasteiger partial charge in [-0.15, -0.1) is 0 Å². The summed E-state index contributed by atoms with van der Waals surface area (Å²) in [7, 11) is -1.70. The Labute approximate surface area is 147 Å². The number of rotatable bonds is 7. The third-order valence-corrected chi connectivity index (χ3v) is 4.80. The summed E-state index contributed by atoms with van der Waals surface area (Å²) in [5.41, 5.74) is 0.857. The second kappa shape index (κ2) is 7.64. The maximum Gasteiger partial charge on any atom is 0.254 e. The van der Waals surface area contributed by atoms with Gasteiger partial charge in [0.1, 0.15) is 0 Å². The van der Waals surface area contributed by atoms with Crippen molar-refractivity contribution in [2.75, 3.05) is 17.5 Å². The van der Waals surface area contributed by atoms with Crippen LogP contribution in [0.2, 0.25) is 0 Å². The minimum Gasteiger partial charge on any atom is -0.339 e. The van der Waals surface area contributed by atoms with Crippen molar-refractivity contribution in [3.8, 4) is 0 Å². The van der Waals surface area contributed by atoms with Gasteiger partial charge in [0.25, 0.3) is 5.91 Å². The molecular formula is C16H22N4O4S. The van der Waals surface area contributed by atoms with Crippen LogP contribution in [-0.4, -0.2) is 42.2 Å². The molecule has 0 atom stereocenters. The minimum absolute atomic E-state index is 0.0144. The van der Waals surface area contributed by atoms with Crippen LogP contribution in [0.15, 0.2) is 28.8 Å². The smallest absolute Gasteiger partial charge is 0.254 e. The van der Waals surface area contributed by atoms with E-state index in [4.69, 9.17) is 4.52 Å². The van der Waals surface area contributed by atoms with E-state index in [1.807, 2.05) is 13.8 Å². The summed E-state index contributed by atoms with van der Waals surface area (Å²) in [4.78, 5) is 18.2. The molecule has 0 unspecified atom stereocenters. The second-order valence-corrected chi connectivity index (χ2v) is 7.96. The van der Waals surface area contributed by atoms with Crippen LogP contribution in [0.5, 0.6) is 0 Å². The van der Waals surface area contributed by atoms with Crippen LogP contribution in [0.4, 0.5) is 5.69 Å². The lowest BCUT2D eigenvalue weighted by atomic mass is 10.2. The van der Waals surface area contributed by atoms with Crippen LogP contribution >= 0.6 is 0 Å². The zero-order valence-electron chi connectivity index (χ0n) is 14.7. The quantitative estimate of drug-likeness (QED) is 0.805. The Balaban J connectivity index is 2.03. The van der Waals surface area contributed by atoms with Crippen molar-refractivity contribution in [2.24, 2.45) is 0 Å².